The van der Waals surface area contributed by atoms with Crippen LogP contribution >= 0.6 is 0 Å². The summed E-state index contributed by atoms with van der Waals surface area (Å²) in [4.78, 5) is 11.6. The maximum absolute atomic E-state index is 13.7. The Balaban J connectivity index is 2.13. The lowest BCUT2D eigenvalue weighted by Gasteiger charge is -2.15. The van der Waals surface area contributed by atoms with Crippen molar-refractivity contribution in [1.82, 2.24) is 5.32 Å². The Morgan fingerprint density at radius 3 is 2.23 bits per heavy atom. The van der Waals surface area contributed by atoms with Crippen LogP contribution in [0.4, 0.5) is 13.2 Å². The molecule has 0 aliphatic heterocycles. The number of carbonyl (C=O) groups is 1. The fourth-order valence-corrected chi connectivity index (χ4v) is 2.94. The van der Waals surface area contributed by atoms with Crippen LogP contribution in [0.1, 0.15) is 28.9 Å². The molecule has 0 heterocycles. The summed E-state index contributed by atoms with van der Waals surface area (Å²) in [6.07, 6.45) is 0. The standard InChI is InChI=1S/C17H16F3NO4S/c1-10(12-5-8-15(25-2)14(18)9-12)21-16(22)11-3-6-13(7-4-11)26(23,24)17(19)20/h3-10,17H,1-2H3,(H,21,22)/t10-/m0/s1. The number of nitrogens with one attached hydrogen (secondary N) is 1. The first-order valence-corrected chi connectivity index (χ1v) is 8.98. The molecule has 9 heteroatoms. The Hall–Kier alpha value is -2.55. The summed E-state index contributed by atoms with van der Waals surface area (Å²) in [5, 5.41) is 2.61. The predicted molar refractivity (Wildman–Crippen MR) is 88.5 cm³/mol. The normalized spacial score (nSPS) is 12.7. The molecule has 2 aromatic carbocycles. The third kappa shape index (κ3) is 4.16. The summed E-state index contributed by atoms with van der Waals surface area (Å²) >= 11 is 0. The number of rotatable bonds is 6. The molecule has 0 spiro atoms. The highest BCUT2D eigenvalue weighted by Gasteiger charge is 2.26. The Labute approximate surface area is 148 Å². The van der Waals surface area contributed by atoms with Gasteiger partial charge in [-0.1, -0.05) is 6.07 Å². The minimum Gasteiger partial charge on any atom is -0.494 e. The number of benzene rings is 2. The molecule has 1 N–H and O–H groups in total. The van der Waals surface area contributed by atoms with Crippen LogP contribution in [0.5, 0.6) is 5.75 Å². The molecule has 0 saturated heterocycles. The zero-order valence-electron chi connectivity index (χ0n) is 13.9. The van der Waals surface area contributed by atoms with E-state index in [9.17, 15) is 26.4 Å². The van der Waals surface area contributed by atoms with Crippen molar-refractivity contribution in [2.75, 3.05) is 7.11 Å². The van der Waals surface area contributed by atoms with E-state index in [0.29, 0.717) is 5.56 Å². The van der Waals surface area contributed by atoms with Crippen LogP contribution in [0.15, 0.2) is 47.4 Å². The van der Waals surface area contributed by atoms with E-state index in [4.69, 9.17) is 4.74 Å². The molecule has 1 atom stereocenters. The average Bonchev–Trinajstić information content (AvgIpc) is 2.61. The lowest BCUT2D eigenvalue weighted by atomic mass is 10.1. The quantitative estimate of drug-likeness (QED) is 0.825. The highest BCUT2D eigenvalue weighted by molar-refractivity contribution is 7.91. The molecule has 140 valence electrons. The van der Waals surface area contributed by atoms with Gasteiger partial charge in [0.1, 0.15) is 0 Å². The van der Waals surface area contributed by atoms with E-state index >= 15 is 0 Å². The van der Waals surface area contributed by atoms with Crippen LogP contribution in [-0.4, -0.2) is 27.2 Å². The molecule has 0 radical (unpaired) electrons. The van der Waals surface area contributed by atoms with Gasteiger partial charge in [-0.05, 0) is 48.9 Å². The molecule has 26 heavy (non-hydrogen) atoms. The van der Waals surface area contributed by atoms with Gasteiger partial charge >= 0.3 is 5.76 Å². The summed E-state index contributed by atoms with van der Waals surface area (Å²) in [5.41, 5.74) is 0.576. The van der Waals surface area contributed by atoms with Crippen LogP contribution in [0.2, 0.25) is 0 Å². The number of alkyl halides is 2. The number of sulfone groups is 1. The number of hydrogen-bond donors (Lipinski definition) is 1. The molecule has 2 rings (SSSR count). The van der Waals surface area contributed by atoms with Crippen molar-refractivity contribution in [2.24, 2.45) is 0 Å². The SMILES string of the molecule is COc1ccc([C@H](C)NC(=O)c2ccc(S(=O)(=O)C(F)F)cc2)cc1F. The molecular formula is C17H16F3NO4S. The fraction of sp³-hybridized carbons (Fsp3) is 0.235. The summed E-state index contributed by atoms with van der Waals surface area (Å²) in [5.74, 6) is -4.60. The predicted octanol–water partition coefficient (Wildman–Crippen LogP) is 3.32. The molecule has 0 saturated carbocycles. The number of methoxy groups -OCH3 is 1. The Kier molecular flexibility index (Phi) is 5.91. The van der Waals surface area contributed by atoms with Gasteiger partial charge in [-0.25, -0.2) is 12.8 Å². The van der Waals surface area contributed by atoms with Crippen molar-refractivity contribution >= 4 is 15.7 Å². The zero-order valence-corrected chi connectivity index (χ0v) is 14.7. The van der Waals surface area contributed by atoms with Crippen molar-refractivity contribution in [3.63, 3.8) is 0 Å². The molecule has 0 unspecified atom stereocenters. The number of carbonyl (C=O) groups excluding carboxylic acids is 1. The van der Waals surface area contributed by atoms with Gasteiger partial charge in [0.15, 0.2) is 11.6 Å². The minimum atomic E-state index is -4.72. The second-order valence-electron chi connectivity index (χ2n) is 5.42. The first kappa shape index (κ1) is 19.8. The van der Waals surface area contributed by atoms with Crippen molar-refractivity contribution < 1.29 is 31.1 Å². The van der Waals surface area contributed by atoms with E-state index in [1.165, 1.54) is 19.2 Å². The van der Waals surface area contributed by atoms with E-state index < -0.39 is 38.3 Å². The summed E-state index contributed by atoms with van der Waals surface area (Å²) in [7, 11) is -3.38. The molecule has 5 nitrogen and oxygen atoms in total. The van der Waals surface area contributed by atoms with Crippen molar-refractivity contribution in [3.05, 3.63) is 59.4 Å². The highest BCUT2D eigenvalue weighted by atomic mass is 32.2. The molecular weight excluding hydrogens is 371 g/mol. The van der Waals surface area contributed by atoms with Crippen LogP contribution in [0.25, 0.3) is 0 Å². The lowest BCUT2D eigenvalue weighted by Crippen LogP contribution is -2.26. The van der Waals surface area contributed by atoms with Crippen LogP contribution in [0, 0.1) is 5.82 Å². The second-order valence-corrected chi connectivity index (χ2v) is 7.34. The first-order chi connectivity index (χ1) is 12.2. The highest BCUT2D eigenvalue weighted by Crippen LogP contribution is 2.22. The monoisotopic (exact) mass is 387 g/mol. The van der Waals surface area contributed by atoms with Crippen LogP contribution < -0.4 is 10.1 Å². The van der Waals surface area contributed by atoms with Gasteiger partial charge in [0, 0.05) is 5.56 Å². The third-order valence-electron chi connectivity index (χ3n) is 3.70. The molecule has 1 amide bonds. The Bertz CT molecular complexity index is 899. The van der Waals surface area contributed by atoms with Crippen LogP contribution in [0.3, 0.4) is 0 Å². The minimum absolute atomic E-state index is 0.0723. The first-order valence-electron chi connectivity index (χ1n) is 7.43. The summed E-state index contributed by atoms with van der Waals surface area (Å²) in [6, 6.07) is 7.83. The van der Waals surface area contributed by atoms with Gasteiger partial charge in [-0.3, -0.25) is 4.79 Å². The van der Waals surface area contributed by atoms with Gasteiger partial charge < -0.3 is 10.1 Å². The van der Waals surface area contributed by atoms with Gasteiger partial charge in [0.05, 0.1) is 18.0 Å². The van der Waals surface area contributed by atoms with E-state index in [1.807, 2.05) is 0 Å². The smallest absolute Gasteiger partial charge is 0.341 e. The Morgan fingerprint density at radius 1 is 1.12 bits per heavy atom. The van der Waals surface area contributed by atoms with Gasteiger partial charge in [0.2, 0.25) is 9.84 Å². The van der Waals surface area contributed by atoms with Gasteiger partial charge in [0.25, 0.3) is 5.91 Å². The maximum Gasteiger partial charge on any atom is 0.341 e. The lowest BCUT2D eigenvalue weighted by molar-refractivity contribution is 0.0939. The number of halogens is 3. The van der Waals surface area contributed by atoms with Crippen molar-refractivity contribution in [2.45, 2.75) is 23.6 Å². The third-order valence-corrected chi connectivity index (χ3v) is 5.10. The Morgan fingerprint density at radius 2 is 1.73 bits per heavy atom. The fourth-order valence-electron chi connectivity index (χ4n) is 2.21. The molecule has 0 aromatic heterocycles. The summed E-state index contributed by atoms with van der Waals surface area (Å²) < 4.78 is 66.3. The van der Waals surface area contributed by atoms with E-state index in [0.717, 1.165) is 24.3 Å². The largest absolute Gasteiger partial charge is 0.494 e. The van der Waals surface area contributed by atoms with E-state index in [-0.39, 0.29) is 11.3 Å². The van der Waals surface area contributed by atoms with Gasteiger partial charge in [-0.2, -0.15) is 8.78 Å². The number of hydrogen-bond acceptors (Lipinski definition) is 4. The summed E-state index contributed by atoms with van der Waals surface area (Å²) in [6.45, 7) is 1.63. The van der Waals surface area contributed by atoms with Gasteiger partial charge in [-0.15, -0.1) is 0 Å². The molecule has 0 fully saturated rings. The molecule has 0 aliphatic carbocycles. The van der Waals surface area contributed by atoms with E-state index in [1.54, 1.807) is 13.0 Å². The topological polar surface area (TPSA) is 72.5 Å². The maximum atomic E-state index is 13.7. The number of ether oxygens (including phenoxy) is 1. The van der Waals surface area contributed by atoms with Crippen molar-refractivity contribution in [1.29, 1.82) is 0 Å². The molecule has 0 bridgehead atoms. The second kappa shape index (κ2) is 7.77. The average molecular weight is 387 g/mol. The van der Waals surface area contributed by atoms with Crippen LogP contribution in [-0.2, 0) is 9.84 Å². The molecule has 0 aliphatic rings. The zero-order chi connectivity index (χ0) is 19.5. The van der Waals surface area contributed by atoms with Crippen molar-refractivity contribution in [3.8, 4) is 5.75 Å². The molecule has 2 aromatic rings. The number of amides is 1. The van der Waals surface area contributed by atoms with E-state index in [2.05, 4.69) is 5.32 Å².